The number of hydrogen-bond donors (Lipinski definition) is 2. The maximum Gasteiger partial charge on any atom is 0.276 e. The Kier molecular flexibility index (Phi) is 5.58. The third kappa shape index (κ3) is 4.33. The molecule has 1 amide bonds. The van der Waals surface area contributed by atoms with Crippen LogP contribution in [0.1, 0.15) is 26.3 Å². The van der Waals surface area contributed by atoms with E-state index in [0.717, 1.165) is 11.4 Å². The van der Waals surface area contributed by atoms with Gasteiger partial charge in [0.2, 0.25) is 0 Å². The number of benzene rings is 2. The van der Waals surface area contributed by atoms with Crippen LogP contribution in [0.2, 0.25) is 0 Å². The lowest BCUT2D eigenvalue weighted by Gasteiger charge is -2.27. The molecular formula is C20H26N3O+. The second-order valence-electron chi connectivity index (χ2n) is 7.01. The second kappa shape index (κ2) is 7.46. The van der Waals surface area contributed by atoms with Gasteiger partial charge >= 0.3 is 0 Å². The Bertz CT molecular complexity index is 763. The minimum absolute atomic E-state index is 0.0623. The first-order valence-corrected chi connectivity index (χ1v) is 8.35. The minimum atomic E-state index is -0.819. The van der Waals surface area contributed by atoms with E-state index in [-0.39, 0.29) is 11.8 Å². The lowest BCUT2D eigenvalue weighted by Crippen LogP contribution is -3.09. The largest absolute Gasteiger partial charge is 0.333 e. The van der Waals surface area contributed by atoms with Crippen molar-refractivity contribution >= 4 is 16.7 Å². The quantitative estimate of drug-likeness (QED) is 0.853. The Balaban J connectivity index is 1.98. The number of carbonyl (C=O) groups is 1. The van der Waals surface area contributed by atoms with E-state index in [1.165, 1.54) is 16.3 Å². The third-order valence-corrected chi connectivity index (χ3v) is 4.57. The minimum Gasteiger partial charge on any atom is -0.333 e. The molecule has 0 aliphatic carbocycles. The summed E-state index contributed by atoms with van der Waals surface area (Å²) in [6, 6.07) is 16.9. The van der Waals surface area contributed by atoms with E-state index < -0.39 is 5.54 Å². The highest BCUT2D eigenvalue weighted by atomic mass is 16.2. The smallest absolute Gasteiger partial charge is 0.276 e. The average molecular weight is 324 g/mol. The topological polar surface area (TPSA) is 57.3 Å². The molecule has 0 bridgehead atoms. The van der Waals surface area contributed by atoms with Crippen molar-refractivity contribution in [2.75, 3.05) is 13.6 Å². The van der Waals surface area contributed by atoms with Gasteiger partial charge < -0.3 is 10.2 Å². The van der Waals surface area contributed by atoms with Crippen molar-refractivity contribution in [2.24, 2.45) is 5.92 Å². The zero-order chi connectivity index (χ0) is 17.7. The van der Waals surface area contributed by atoms with Crippen molar-refractivity contribution in [3.63, 3.8) is 0 Å². The maximum atomic E-state index is 12.3. The molecule has 0 aromatic heterocycles. The highest BCUT2D eigenvalue weighted by molar-refractivity contribution is 5.83. The Morgan fingerprint density at radius 2 is 1.92 bits per heavy atom. The van der Waals surface area contributed by atoms with Gasteiger partial charge in [-0.15, -0.1) is 0 Å². The number of nitrogens with zero attached hydrogens (tertiary/aromatic N) is 1. The van der Waals surface area contributed by atoms with Gasteiger partial charge in [-0.3, -0.25) is 4.79 Å². The van der Waals surface area contributed by atoms with Gasteiger partial charge in [0.15, 0.2) is 6.54 Å². The normalized spacial score (nSPS) is 14.8. The summed E-state index contributed by atoms with van der Waals surface area (Å²) in [7, 11) is 1.99. The molecule has 0 aliphatic rings. The Morgan fingerprint density at radius 3 is 2.54 bits per heavy atom. The molecule has 0 heterocycles. The van der Waals surface area contributed by atoms with Gasteiger partial charge in [-0.2, -0.15) is 5.26 Å². The van der Waals surface area contributed by atoms with Crippen LogP contribution in [-0.2, 0) is 11.3 Å². The third-order valence-electron chi connectivity index (χ3n) is 4.57. The van der Waals surface area contributed by atoms with Gasteiger partial charge in [0, 0.05) is 5.56 Å². The molecule has 4 nitrogen and oxygen atoms in total. The maximum absolute atomic E-state index is 12.3. The number of quaternary nitrogens is 1. The van der Waals surface area contributed by atoms with Crippen LogP contribution in [-0.4, -0.2) is 25.0 Å². The number of nitrogens with one attached hydrogen (secondary N) is 2. The highest BCUT2D eigenvalue weighted by Gasteiger charge is 2.30. The first kappa shape index (κ1) is 18.0. The van der Waals surface area contributed by atoms with E-state index in [9.17, 15) is 10.1 Å². The molecule has 0 saturated carbocycles. The molecule has 2 rings (SSSR count). The second-order valence-corrected chi connectivity index (χ2v) is 7.01. The predicted octanol–water partition coefficient (Wildman–Crippen LogP) is 1.91. The summed E-state index contributed by atoms with van der Waals surface area (Å²) >= 11 is 0. The molecule has 0 aliphatic heterocycles. The summed E-state index contributed by atoms with van der Waals surface area (Å²) < 4.78 is 0. The number of fused-ring (bicyclic) bond motifs is 1. The monoisotopic (exact) mass is 324 g/mol. The molecule has 0 spiro atoms. The molecule has 24 heavy (non-hydrogen) atoms. The predicted molar refractivity (Wildman–Crippen MR) is 96.4 cm³/mol. The number of carbonyl (C=O) groups excluding carboxylic acids is 1. The van der Waals surface area contributed by atoms with Crippen LogP contribution >= 0.6 is 0 Å². The Hall–Kier alpha value is -2.38. The molecule has 126 valence electrons. The molecule has 2 aromatic rings. The fraction of sp³-hybridized carbons (Fsp3) is 0.400. The van der Waals surface area contributed by atoms with E-state index in [0.29, 0.717) is 6.54 Å². The van der Waals surface area contributed by atoms with E-state index in [4.69, 9.17) is 0 Å². The summed E-state index contributed by atoms with van der Waals surface area (Å²) in [6.07, 6.45) is 0. The van der Waals surface area contributed by atoms with Crippen molar-refractivity contribution in [1.82, 2.24) is 5.32 Å². The van der Waals surface area contributed by atoms with Gasteiger partial charge in [-0.1, -0.05) is 50.2 Å². The van der Waals surface area contributed by atoms with Crippen molar-refractivity contribution in [1.29, 1.82) is 5.26 Å². The van der Waals surface area contributed by atoms with Gasteiger partial charge in [0.1, 0.15) is 12.1 Å². The zero-order valence-corrected chi connectivity index (χ0v) is 14.9. The average Bonchev–Trinajstić information content (AvgIpc) is 2.54. The van der Waals surface area contributed by atoms with Crippen LogP contribution in [0, 0.1) is 17.2 Å². The van der Waals surface area contributed by atoms with E-state index in [1.807, 2.05) is 33.0 Å². The zero-order valence-electron chi connectivity index (χ0n) is 14.9. The first-order chi connectivity index (χ1) is 11.3. The van der Waals surface area contributed by atoms with Crippen molar-refractivity contribution < 1.29 is 9.69 Å². The van der Waals surface area contributed by atoms with Gasteiger partial charge in [-0.25, -0.2) is 0 Å². The van der Waals surface area contributed by atoms with Crippen molar-refractivity contribution in [3.8, 4) is 6.07 Å². The molecule has 0 saturated heterocycles. The van der Waals surface area contributed by atoms with E-state index >= 15 is 0 Å². The van der Waals surface area contributed by atoms with Gasteiger partial charge in [-0.05, 0) is 29.7 Å². The van der Waals surface area contributed by atoms with Crippen LogP contribution in [0.3, 0.4) is 0 Å². The summed E-state index contributed by atoms with van der Waals surface area (Å²) in [5.74, 6) is -0.0294. The van der Waals surface area contributed by atoms with Crippen molar-refractivity contribution in [3.05, 3.63) is 48.0 Å². The molecule has 2 aromatic carbocycles. The molecule has 2 N–H and O–H groups in total. The molecule has 2 atom stereocenters. The van der Waals surface area contributed by atoms with Crippen LogP contribution in [0.5, 0.6) is 0 Å². The fourth-order valence-electron chi connectivity index (χ4n) is 2.67. The molecular weight excluding hydrogens is 298 g/mol. The molecule has 0 fully saturated rings. The number of likely N-dealkylation sites (N-methyl/N-ethyl adjacent to an activating group) is 1. The summed E-state index contributed by atoms with van der Waals surface area (Å²) in [5, 5.41) is 14.6. The number of hydrogen-bond acceptors (Lipinski definition) is 2. The number of amides is 1. The van der Waals surface area contributed by atoms with Gasteiger partial charge in [0.25, 0.3) is 5.91 Å². The summed E-state index contributed by atoms with van der Waals surface area (Å²) in [4.78, 5) is 13.3. The van der Waals surface area contributed by atoms with E-state index in [2.05, 4.69) is 41.7 Å². The van der Waals surface area contributed by atoms with Crippen molar-refractivity contribution in [2.45, 2.75) is 32.9 Å². The lowest BCUT2D eigenvalue weighted by molar-refractivity contribution is -0.885. The molecule has 0 radical (unpaired) electrons. The summed E-state index contributed by atoms with van der Waals surface area (Å²) in [5.41, 5.74) is 0.381. The molecule has 4 heteroatoms. The number of nitriles is 1. The summed E-state index contributed by atoms with van der Waals surface area (Å²) in [6.45, 7) is 6.76. The number of rotatable bonds is 6. The van der Waals surface area contributed by atoms with Crippen LogP contribution in [0.15, 0.2) is 42.5 Å². The van der Waals surface area contributed by atoms with Crippen LogP contribution in [0.25, 0.3) is 10.8 Å². The lowest BCUT2D eigenvalue weighted by atomic mass is 9.90. The standard InChI is InChI=1S/C20H25N3O/c1-15(2)20(3,14-21)22-19(24)13-23(4)12-16-9-10-17-7-5-6-8-18(17)11-16/h5-11,15H,12-13H2,1-4H3,(H,22,24)/p+1/t20-/m0/s1. The van der Waals surface area contributed by atoms with E-state index in [1.54, 1.807) is 6.92 Å². The Labute approximate surface area is 144 Å². The van der Waals surface area contributed by atoms with Crippen LogP contribution in [0.4, 0.5) is 0 Å². The Morgan fingerprint density at radius 1 is 1.25 bits per heavy atom. The SMILES string of the molecule is CC(C)[C@](C)(C#N)NC(=O)C[NH+](C)Cc1ccc2ccccc2c1. The molecule has 1 unspecified atom stereocenters. The van der Waals surface area contributed by atoms with Crippen LogP contribution < -0.4 is 10.2 Å². The fourth-order valence-corrected chi connectivity index (χ4v) is 2.67. The highest BCUT2D eigenvalue weighted by Crippen LogP contribution is 2.15. The first-order valence-electron chi connectivity index (χ1n) is 8.35. The van der Waals surface area contributed by atoms with Gasteiger partial charge in [0.05, 0.1) is 13.1 Å².